The first-order valence-electron chi connectivity index (χ1n) is 8.84. The number of rotatable bonds is 1. The van der Waals surface area contributed by atoms with E-state index >= 15 is 0 Å². The Bertz CT molecular complexity index is 889. The molecule has 0 radical (unpaired) electrons. The summed E-state index contributed by atoms with van der Waals surface area (Å²) in [5.74, 6) is 1.02. The standard InChI is InChI=1S/C19H19Br2N3OS/c1-23-8-6-19(7-9-23)24-15(13-10-12(20)2-3-16(13)25-19)11-14(22-24)17-4-5-18(21)26-17/h2-5,10,15H,6-9,11H2,1H3. The molecule has 3 aliphatic rings. The molecule has 0 bridgehead atoms. The van der Waals surface area contributed by atoms with E-state index in [4.69, 9.17) is 9.84 Å². The van der Waals surface area contributed by atoms with Gasteiger partial charge in [0.05, 0.1) is 20.4 Å². The van der Waals surface area contributed by atoms with Crippen LogP contribution >= 0.6 is 43.2 Å². The maximum absolute atomic E-state index is 6.63. The predicted molar refractivity (Wildman–Crippen MR) is 112 cm³/mol. The van der Waals surface area contributed by atoms with Gasteiger partial charge in [-0.05, 0) is 53.3 Å². The molecule has 2 aromatic rings. The fourth-order valence-electron chi connectivity index (χ4n) is 4.17. The summed E-state index contributed by atoms with van der Waals surface area (Å²) in [6.07, 6.45) is 2.87. The molecule has 26 heavy (non-hydrogen) atoms. The Morgan fingerprint density at radius 3 is 2.73 bits per heavy atom. The monoisotopic (exact) mass is 495 g/mol. The molecule has 1 aromatic heterocycles. The highest BCUT2D eigenvalue weighted by Crippen LogP contribution is 2.50. The van der Waals surface area contributed by atoms with Gasteiger partial charge in [-0.2, -0.15) is 5.10 Å². The third-order valence-corrected chi connectivity index (χ3v) is 7.75. The largest absolute Gasteiger partial charge is 0.466 e. The maximum atomic E-state index is 6.63. The second kappa shape index (κ2) is 6.33. The summed E-state index contributed by atoms with van der Waals surface area (Å²) in [7, 11) is 2.18. The summed E-state index contributed by atoms with van der Waals surface area (Å²) >= 11 is 8.96. The van der Waals surface area contributed by atoms with Crippen molar-refractivity contribution in [1.82, 2.24) is 9.91 Å². The number of hydrazone groups is 1. The summed E-state index contributed by atoms with van der Waals surface area (Å²) < 4.78 is 8.87. The van der Waals surface area contributed by atoms with E-state index in [-0.39, 0.29) is 11.8 Å². The van der Waals surface area contributed by atoms with E-state index in [1.807, 2.05) is 0 Å². The first-order valence-corrected chi connectivity index (χ1v) is 11.2. The van der Waals surface area contributed by atoms with Crippen molar-refractivity contribution in [3.63, 3.8) is 0 Å². The van der Waals surface area contributed by atoms with Gasteiger partial charge in [0.2, 0.25) is 5.72 Å². The van der Waals surface area contributed by atoms with E-state index < -0.39 is 0 Å². The van der Waals surface area contributed by atoms with E-state index in [1.54, 1.807) is 11.3 Å². The van der Waals surface area contributed by atoms with Gasteiger partial charge in [-0.1, -0.05) is 15.9 Å². The van der Waals surface area contributed by atoms with Gasteiger partial charge in [-0.15, -0.1) is 11.3 Å². The molecule has 5 rings (SSSR count). The van der Waals surface area contributed by atoms with Gasteiger partial charge in [0, 0.05) is 42.4 Å². The number of hydrogen-bond acceptors (Lipinski definition) is 5. The minimum Gasteiger partial charge on any atom is -0.466 e. The molecule has 0 saturated carbocycles. The third-order valence-electron chi connectivity index (χ3n) is 5.58. The number of halogens is 2. The topological polar surface area (TPSA) is 28.1 Å². The van der Waals surface area contributed by atoms with Crippen LogP contribution in [0.4, 0.5) is 0 Å². The molecule has 1 atom stereocenters. The van der Waals surface area contributed by atoms with Crippen molar-refractivity contribution in [3.05, 3.63) is 49.0 Å². The van der Waals surface area contributed by atoms with Crippen LogP contribution < -0.4 is 4.74 Å². The van der Waals surface area contributed by atoms with Crippen LogP contribution in [0.25, 0.3) is 0 Å². The van der Waals surface area contributed by atoms with Gasteiger partial charge in [-0.25, -0.2) is 5.01 Å². The Kier molecular flexibility index (Phi) is 4.19. The minimum absolute atomic E-state index is 0.246. The Morgan fingerprint density at radius 2 is 2.00 bits per heavy atom. The molecule has 4 nitrogen and oxygen atoms in total. The average Bonchev–Trinajstić information content (AvgIpc) is 3.25. The average molecular weight is 497 g/mol. The SMILES string of the molecule is CN1CCC2(CC1)Oc1ccc(Br)cc1C1CC(c3ccc(Br)s3)=NN12. The lowest BCUT2D eigenvalue weighted by atomic mass is 9.91. The molecule has 136 valence electrons. The van der Waals surface area contributed by atoms with E-state index in [2.05, 4.69) is 79.1 Å². The second-order valence-electron chi connectivity index (χ2n) is 7.25. The molecule has 1 fully saturated rings. The van der Waals surface area contributed by atoms with Crippen LogP contribution in [0, 0.1) is 0 Å². The smallest absolute Gasteiger partial charge is 0.200 e. The lowest BCUT2D eigenvalue weighted by Crippen LogP contribution is -2.58. The van der Waals surface area contributed by atoms with Gasteiger partial charge in [0.25, 0.3) is 0 Å². The van der Waals surface area contributed by atoms with Crippen LogP contribution in [0.1, 0.15) is 35.7 Å². The van der Waals surface area contributed by atoms with E-state index in [0.717, 1.165) is 46.4 Å². The number of piperidine rings is 1. The number of benzene rings is 1. The fraction of sp³-hybridized carbons (Fsp3) is 0.421. The summed E-state index contributed by atoms with van der Waals surface area (Å²) in [4.78, 5) is 3.61. The zero-order valence-electron chi connectivity index (χ0n) is 14.4. The molecule has 4 heterocycles. The third kappa shape index (κ3) is 2.75. The lowest BCUT2D eigenvalue weighted by molar-refractivity contribution is -0.147. The Labute approximate surface area is 174 Å². The molecule has 0 aliphatic carbocycles. The Hall–Kier alpha value is -0.890. The van der Waals surface area contributed by atoms with Crippen molar-refractivity contribution in [2.45, 2.75) is 31.0 Å². The van der Waals surface area contributed by atoms with Crippen LogP contribution in [-0.4, -0.2) is 41.5 Å². The highest BCUT2D eigenvalue weighted by molar-refractivity contribution is 9.11. The number of hydrogen-bond donors (Lipinski definition) is 0. The zero-order valence-corrected chi connectivity index (χ0v) is 18.4. The van der Waals surface area contributed by atoms with Crippen LogP contribution in [0.3, 0.4) is 0 Å². The molecule has 3 aliphatic heterocycles. The number of ether oxygens (including phenoxy) is 1. The highest BCUT2D eigenvalue weighted by Gasteiger charge is 2.51. The van der Waals surface area contributed by atoms with Gasteiger partial charge >= 0.3 is 0 Å². The van der Waals surface area contributed by atoms with Crippen LogP contribution in [-0.2, 0) is 0 Å². The van der Waals surface area contributed by atoms with Gasteiger partial charge in [-0.3, -0.25) is 0 Å². The molecular weight excluding hydrogens is 478 g/mol. The summed E-state index contributed by atoms with van der Waals surface area (Å²) in [5, 5.41) is 7.38. The van der Waals surface area contributed by atoms with Crippen LogP contribution in [0.15, 0.2) is 43.7 Å². The maximum Gasteiger partial charge on any atom is 0.200 e. The summed E-state index contributed by atoms with van der Waals surface area (Å²) in [5.41, 5.74) is 2.08. The van der Waals surface area contributed by atoms with Gasteiger partial charge in [0.15, 0.2) is 0 Å². The fourth-order valence-corrected chi connectivity index (χ4v) is 5.93. The van der Waals surface area contributed by atoms with Crippen molar-refractivity contribution in [3.8, 4) is 5.75 Å². The van der Waals surface area contributed by atoms with E-state index in [9.17, 15) is 0 Å². The van der Waals surface area contributed by atoms with Gasteiger partial charge < -0.3 is 9.64 Å². The van der Waals surface area contributed by atoms with E-state index in [1.165, 1.54) is 16.2 Å². The van der Waals surface area contributed by atoms with Crippen molar-refractivity contribution in [2.75, 3.05) is 20.1 Å². The first-order chi connectivity index (χ1) is 12.5. The van der Waals surface area contributed by atoms with Gasteiger partial charge in [0.1, 0.15) is 5.75 Å². The lowest BCUT2D eigenvalue weighted by Gasteiger charge is -2.50. The number of fused-ring (bicyclic) bond motifs is 4. The molecule has 0 N–H and O–H groups in total. The molecular formula is C19H19Br2N3OS. The number of thiophene rings is 1. The summed E-state index contributed by atoms with van der Waals surface area (Å²) in [6.45, 7) is 2.06. The molecule has 7 heteroatoms. The van der Waals surface area contributed by atoms with E-state index in [0.29, 0.717) is 0 Å². The quantitative estimate of drug-likeness (QED) is 0.540. The second-order valence-corrected chi connectivity index (χ2v) is 10.6. The number of nitrogens with zero attached hydrogens (tertiary/aromatic N) is 3. The molecule has 1 unspecified atom stereocenters. The minimum atomic E-state index is -0.325. The molecule has 1 aromatic carbocycles. The van der Waals surface area contributed by atoms with Crippen molar-refractivity contribution < 1.29 is 4.74 Å². The van der Waals surface area contributed by atoms with Crippen molar-refractivity contribution in [2.24, 2.45) is 5.10 Å². The van der Waals surface area contributed by atoms with Crippen molar-refractivity contribution >= 4 is 48.9 Å². The molecule has 1 spiro atoms. The molecule has 1 saturated heterocycles. The zero-order chi connectivity index (χ0) is 17.9. The predicted octanol–water partition coefficient (Wildman–Crippen LogP) is 5.24. The first kappa shape index (κ1) is 17.2. The van der Waals surface area contributed by atoms with Crippen molar-refractivity contribution in [1.29, 1.82) is 0 Å². The van der Waals surface area contributed by atoms with Crippen LogP contribution in [0.5, 0.6) is 5.75 Å². The summed E-state index contributed by atoms with van der Waals surface area (Å²) in [6, 6.07) is 10.9. The number of likely N-dealkylation sites (tertiary alicyclic amines) is 1. The molecule has 0 amide bonds. The van der Waals surface area contributed by atoms with Crippen LogP contribution in [0.2, 0.25) is 0 Å². The highest BCUT2D eigenvalue weighted by atomic mass is 79.9. The Morgan fingerprint density at radius 1 is 1.19 bits per heavy atom. The normalized spacial score (nSPS) is 24.2. The Balaban J connectivity index is 1.59.